The average Bonchev–Trinajstić information content (AvgIpc) is 3.24. The smallest absolute Gasteiger partial charge is 0.126 e. The summed E-state index contributed by atoms with van der Waals surface area (Å²) in [6.07, 6.45) is 9.43. The fraction of sp³-hybridized carbons (Fsp3) is 0.667. The molecule has 0 amide bonds. The lowest BCUT2D eigenvalue weighted by Gasteiger charge is -2.18. The molecule has 0 unspecified atom stereocenters. The first-order valence-corrected chi connectivity index (χ1v) is 7.15. The van der Waals surface area contributed by atoms with Crippen LogP contribution in [0.15, 0.2) is 12.1 Å². The monoisotopic (exact) mass is 228 g/mol. The van der Waals surface area contributed by atoms with Gasteiger partial charge in [-0.25, -0.2) is 4.98 Å². The number of rotatable bonds is 4. The zero-order chi connectivity index (χ0) is 11.2. The average molecular weight is 228 g/mol. The molecule has 2 fully saturated rings. The summed E-state index contributed by atoms with van der Waals surface area (Å²) in [5, 5.41) is 3.72. The summed E-state index contributed by atoms with van der Waals surface area (Å²) >= 11 is 0. The Bertz CT molecular complexity index is 421. The summed E-state index contributed by atoms with van der Waals surface area (Å²) in [5.74, 6) is 3.02. The number of nitrogens with one attached hydrogen (secondary N) is 1. The van der Waals surface area contributed by atoms with Gasteiger partial charge < -0.3 is 5.32 Å². The van der Waals surface area contributed by atoms with Crippen LogP contribution in [0, 0.1) is 11.8 Å². The third-order valence-electron chi connectivity index (χ3n) is 4.50. The molecule has 3 aliphatic carbocycles. The van der Waals surface area contributed by atoms with Crippen LogP contribution < -0.4 is 5.32 Å². The van der Waals surface area contributed by atoms with E-state index in [1.165, 1.54) is 56.2 Å². The summed E-state index contributed by atoms with van der Waals surface area (Å²) in [6, 6.07) is 5.21. The molecule has 1 aromatic rings. The molecular weight excluding hydrogens is 208 g/mol. The number of fused-ring (bicyclic) bond motifs is 1. The van der Waals surface area contributed by atoms with E-state index < -0.39 is 0 Å². The minimum absolute atomic E-state index is 0.724. The maximum absolute atomic E-state index is 4.80. The number of pyridine rings is 1. The second kappa shape index (κ2) is 3.72. The van der Waals surface area contributed by atoms with Crippen molar-refractivity contribution < 1.29 is 0 Å². The molecule has 0 saturated heterocycles. The standard InChI is InChI=1S/C15H20N2/c1-2-10-8-9-14(16-13(10)3-1)17-15(11-4-5-11)12-6-7-12/h8-9,11-12,15H,1-7H2,(H,16,17). The van der Waals surface area contributed by atoms with Gasteiger partial charge in [-0.1, -0.05) is 6.07 Å². The van der Waals surface area contributed by atoms with E-state index in [4.69, 9.17) is 4.98 Å². The lowest BCUT2D eigenvalue weighted by Crippen LogP contribution is -2.24. The molecule has 17 heavy (non-hydrogen) atoms. The molecule has 3 aliphatic rings. The topological polar surface area (TPSA) is 24.9 Å². The predicted octanol–water partition coefficient (Wildman–Crippen LogP) is 3.17. The van der Waals surface area contributed by atoms with Gasteiger partial charge >= 0.3 is 0 Å². The molecule has 1 heterocycles. The Morgan fingerprint density at radius 2 is 1.82 bits per heavy atom. The minimum atomic E-state index is 0.724. The Labute approximate surface area is 103 Å². The maximum atomic E-state index is 4.80. The quantitative estimate of drug-likeness (QED) is 0.856. The normalized spacial score (nSPS) is 22.9. The molecule has 0 aromatic carbocycles. The fourth-order valence-electron chi connectivity index (χ4n) is 3.20. The van der Waals surface area contributed by atoms with Crippen LogP contribution in [0.25, 0.3) is 0 Å². The number of hydrogen-bond acceptors (Lipinski definition) is 2. The molecule has 90 valence electrons. The molecular formula is C15H20N2. The maximum Gasteiger partial charge on any atom is 0.126 e. The van der Waals surface area contributed by atoms with Crippen molar-refractivity contribution in [2.24, 2.45) is 11.8 Å². The second-order valence-corrected chi connectivity index (χ2v) is 6.00. The van der Waals surface area contributed by atoms with Crippen molar-refractivity contribution in [3.63, 3.8) is 0 Å². The van der Waals surface area contributed by atoms with Crippen LogP contribution in [0.3, 0.4) is 0 Å². The first kappa shape index (κ1) is 9.93. The molecule has 0 bridgehead atoms. The van der Waals surface area contributed by atoms with Crippen LogP contribution in [0.1, 0.15) is 43.4 Å². The van der Waals surface area contributed by atoms with Crippen molar-refractivity contribution in [1.82, 2.24) is 4.98 Å². The number of nitrogens with zero attached hydrogens (tertiary/aromatic N) is 1. The summed E-state index contributed by atoms with van der Waals surface area (Å²) in [4.78, 5) is 4.80. The zero-order valence-electron chi connectivity index (χ0n) is 10.3. The molecule has 0 aliphatic heterocycles. The van der Waals surface area contributed by atoms with Crippen molar-refractivity contribution >= 4 is 5.82 Å². The van der Waals surface area contributed by atoms with Gasteiger partial charge in [-0.15, -0.1) is 0 Å². The Balaban J connectivity index is 1.53. The zero-order valence-corrected chi connectivity index (χ0v) is 10.3. The molecule has 2 nitrogen and oxygen atoms in total. The van der Waals surface area contributed by atoms with E-state index in [0.717, 1.165) is 23.7 Å². The van der Waals surface area contributed by atoms with Gasteiger partial charge in [0.05, 0.1) is 0 Å². The molecule has 0 spiro atoms. The summed E-state index contributed by atoms with van der Waals surface area (Å²) in [7, 11) is 0. The molecule has 0 atom stereocenters. The van der Waals surface area contributed by atoms with Gasteiger partial charge in [0.2, 0.25) is 0 Å². The number of hydrogen-bond donors (Lipinski definition) is 1. The highest BCUT2D eigenvalue weighted by atomic mass is 15.0. The van der Waals surface area contributed by atoms with Crippen LogP contribution in [-0.2, 0) is 12.8 Å². The van der Waals surface area contributed by atoms with Crippen molar-refractivity contribution in [3.05, 3.63) is 23.4 Å². The van der Waals surface area contributed by atoms with Crippen LogP contribution >= 0.6 is 0 Å². The van der Waals surface area contributed by atoms with Crippen molar-refractivity contribution in [2.45, 2.75) is 51.0 Å². The summed E-state index contributed by atoms with van der Waals surface area (Å²) in [6.45, 7) is 0. The van der Waals surface area contributed by atoms with Gasteiger partial charge in [-0.3, -0.25) is 0 Å². The van der Waals surface area contributed by atoms with Crippen molar-refractivity contribution in [2.75, 3.05) is 5.32 Å². The lowest BCUT2D eigenvalue weighted by molar-refractivity contribution is 0.565. The van der Waals surface area contributed by atoms with E-state index in [0.29, 0.717) is 0 Å². The third kappa shape index (κ3) is 1.94. The van der Waals surface area contributed by atoms with E-state index in [2.05, 4.69) is 17.4 Å². The molecule has 1 N–H and O–H groups in total. The van der Waals surface area contributed by atoms with E-state index in [1.54, 1.807) is 0 Å². The second-order valence-electron chi connectivity index (χ2n) is 6.00. The van der Waals surface area contributed by atoms with Gasteiger partial charge in [0, 0.05) is 11.7 Å². The Morgan fingerprint density at radius 3 is 2.53 bits per heavy atom. The lowest BCUT2D eigenvalue weighted by atomic mass is 10.1. The molecule has 0 radical (unpaired) electrons. The van der Waals surface area contributed by atoms with Gasteiger partial charge in [0.1, 0.15) is 5.82 Å². The SMILES string of the molecule is c1cc2c(nc1NC(C1CC1)C1CC1)CCC2. The van der Waals surface area contributed by atoms with E-state index in [1.807, 2.05) is 0 Å². The largest absolute Gasteiger partial charge is 0.367 e. The first-order chi connectivity index (χ1) is 8.40. The van der Waals surface area contributed by atoms with Crippen LogP contribution in [-0.4, -0.2) is 11.0 Å². The van der Waals surface area contributed by atoms with Crippen LogP contribution in [0.4, 0.5) is 5.82 Å². The van der Waals surface area contributed by atoms with Crippen LogP contribution in [0.2, 0.25) is 0 Å². The van der Waals surface area contributed by atoms with Gasteiger partial charge in [-0.05, 0) is 68.4 Å². The number of aromatic nitrogens is 1. The van der Waals surface area contributed by atoms with E-state index in [-0.39, 0.29) is 0 Å². The highest BCUT2D eigenvalue weighted by Crippen LogP contribution is 2.45. The Hall–Kier alpha value is -1.05. The number of anilines is 1. The first-order valence-electron chi connectivity index (χ1n) is 7.15. The summed E-state index contributed by atoms with van der Waals surface area (Å²) in [5.41, 5.74) is 2.82. The Kier molecular flexibility index (Phi) is 2.17. The van der Waals surface area contributed by atoms with Gasteiger partial charge in [0.25, 0.3) is 0 Å². The highest BCUT2D eigenvalue weighted by molar-refractivity contribution is 5.42. The van der Waals surface area contributed by atoms with Gasteiger partial charge in [0.15, 0.2) is 0 Å². The predicted molar refractivity (Wildman–Crippen MR) is 69.1 cm³/mol. The van der Waals surface area contributed by atoms with Crippen molar-refractivity contribution in [3.8, 4) is 0 Å². The van der Waals surface area contributed by atoms with Gasteiger partial charge in [-0.2, -0.15) is 0 Å². The van der Waals surface area contributed by atoms with E-state index >= 15 is 0 Å². The molecule has 2 heteroatoms. The van der Waals surface area contributed by atoms with Crippen molar-refractivity contribution in [1.29, 1.82) is 0 Å². The molecule has 4 rings (SSSR count). The Morgan fingerprint density at radius 1 is 1.06 bits per heavy atom. The summed E-state index contributed by atoms with van der Waals surface area (Å²) < 4.78 is 0. The highest BCUT2D eigenvalue weighted by Gasteiger charge is 2.41. The third-order valence-corrected chi connectivity index (χ3v) is 4.50. The molecule has 1 aromatic heterocycles. The molecule has 2 saturated carbocycles. The minimum Gasteiger partial charge on any atom is -0.367 e. The number of aryl methyl sites for hydroxylation is 2. The van der Waals surface area contributed by atoms with E-state index in [9.17, 15) is 0 Å². The van der Waals surface area contributed by atoms with Crippen LogP contribution in [0.5, 0.6) is 0 Å². The fourth-order valence-corrected chi connectivity index (χ4v) is 3.20.